The number of rotatable bonds is 7. The molecule has 30 heavy (non-hydrogen) atoms. The van der Waals surface area contributed by atoms with Crippen molar-refractivity contribution in [3.63, 3.8) is 0 Å². The third-order valence-corrected chi connectivity index (χ3v) is 8.15. The second kappa shape index (κ2) is 8.85. The van der Waals surface area contributed by atoms with Crippen LogP contribution >= 0.6 is 11.6 Å². The molecule has 0 heterocycles. The third-order valence-electron chi connectivity index (χ3n) is 4.53. The fraction of sp³-hybridized carbons (Fsp3) is 0.143. The van der Waals surface area contributed by atoms with Crippen molar-refractivity contribution in [1.29, 1.82) is 0 Å². The van der Waals surface area contributed by atoms with Crippen LogP contribution in [0, 0.1) is 12.7 Å². The van der Waals surface area contributed by atoms with E-state index in [0.717, 1.165) is 6.07 Å². The Morgan fingerprint density at radius 2 is 1.53 bits per heavy atom. The molecule has 0 aliphatic carbocycles. The van der Waals surface area contributed by atoms with Crippen molar-refractivity contribution in [2.75, 3.05) is 6.54 Å². The molecule has 0 amide bonds. The first-order valence-corrected chi connectivity index (χ1v) is 12.3. The van der Waals surface area contributed by atoms with Gasteiger partial charge in [-0.15, -0.1) is 0 Å². The van der Waals surface area contributed by atoms with Crippen LogP contribution in [0.2, 0.25) is 5.02 Å². The summed E-state index contributed by atoms with van der Waals surface area (Å²) in [5.74, 6) is -0.413. The maximum absolute atomic E-state index is 13.7. The number of halogens is 2. The van der Waals surface area contributed by atoms with E-state index in [0.29, 0.717) is 16.1 Å². The summed E-state index contributed by atoms with van der Waals surface area (Å²) in [6.07, 6.45) is 0.160. The molecule has 5 nitrogen and oxygen atoms in total. The van der Waals surface area contributed by atoms with Crippen LogP contribution in [0.5, 0.6) is 0 Å². The normalized spacial score (nSPS) is 12.1. The van der Waals surface area contributed by atoms with Gasteiger partial charge in [0.25, 0.3) is 0 Å². The van der Waals surface area contributed by atoms with Gasteiger partial charge >= 0.3 is 0 Å². The second-order valence-electron chi connectivity index (χ2n) is 6.62. The third kappa shape index (κ3) is 4.89. The molecule has 3 rings (SSSR count). The first kappa shape index (κ1) is 22.4. The lowest BCUT2D eigenvalue weighted by molar-refractivity contribution is 0.576. The molecule has 3 aromatic carbocycles. The van der Waals surface area contributed by atoms with Crippen molar-refractivity contribution < 1.29 is 21.2 Å². The van der Waals surface area contributed by atoms with Gasteiger partial charge in [0.2, 0.25) is 19.9 Å². The van der Waals surface area contributed by atoms with Crippen LogP contribution in [0.15, 0.2) is 81.4 Å². The van der Waals surface area contributed by atoms with Gasteiger partial charge in [-0.2, -0.15) is 0 Å². The smallest absolute Gasteiger partial charge is 0.219 e. The Morgan fingerprint density at radius 3 is 2.20 bits per heavy atom. The van der Waals surface area contributed by atoms with Crippen LogP contribution < -0.4 is 4.72 Å². The Bertz CT molecular complexity index is 1270. The first-order chi connectivity index (χ1) is 14.1. The van der Waals surface area contributed by atoms with Crippen molar-refractivity contribution in [3.8, 4) is 0 Å². The summed E-state index contributed by atoms with van der Waals surface area (Å²) in [6.45, 7) is 1.54. The van der Waals surface area contributed by atoms with Crippen molar-refractivity contribution >= 4 is 31.5 Å². The van der Waals surface area contributed by atoms with Gasteiger partial charge in [-0.1, -0.05) is 35.9 Å². The molecule has 158 valence electrons. The van der Waals surface area contributed by atoms with Gasteiger partial charge in [0.05, 0.1) is 14.7 Å². The molecule has 0 saturated carbocycles. The van der Waals surface area contributed by atoms with Crippen LogP contribution in [0.25, 0.3) is 0 Å². The highest BCUT2D eigenvalue weighted by Crippen LogP contribution is 2.26. The summed E-state index contributed by atoms with van der Waals surface area (Å²) < 4.78 is 67.4. The van der Waals surface area contributed by atoms with E-state index in [-0.39, 0.29) is 27.7 Å². The lowest BCUT2D eigenvalue weighted by atomic mass is 10.1. The molecule has 0 saturated heterocycles. The standard InChI is InChI=1S/C21H19ClFNO4S2/c1-15-6-9-19(29(25,26)18-10-7-17(22)8-11-18)14-21(15)30(27,28)24-13-12-16-4-2-3-5-20(16)23/h2-11,14,24H,12-13H2,1H3. The van der Waals surface area contributed by atoms with Gasteiger partial charge in [0, 0.05) is 11.6 Å². The predicted octanol–water partition coefficient (Wildman–Crippen LogP) is 4.14. The topological polar surface area (TPSA) is 80.3 Å². The number of hydrogen-bond acceptors (Lipinski definition) is 4. The molecule has 0 aliphatic rings. The molecule has 9 heteroatoms. The van der Waals surface area contributed by atoms with Crippen LogP contribution in [0.1, 0.15) is 11.1 Å². The molecule has 0 aromatic heterocycles. The van der Waals surface area contributed by atoms with Crippen molar-refractivity contribution in [1.82, 2.24) is 4.72 Å². The van der Waals surface area contributed by atoms with E-state index >= 15 is 0 Å². The quantitative estimate of drug-likeness (QED) is 0.566. The number of sulfone groups is 1. The summed E-state index contributed by atoms with van der Waals surface area (Å²) in [6, 6.07) is 15.6. The molecular formula is C21H19ClFNO4S2. The van der Waals surface area contributed by atoms with Crippen molar-refractivity contribution in [3.05, 3.63) is 88.7 Å². The molecule has 0 bridgehead atoms. The number of nitrogens with one attached hydrogen (secondary N) is 1. The minimum Gasteiger partial charge on any atom is -0.219 e. The molecular weight excluding hydrogens is 449 g/mol. The monoisotopic (exact) mass is 467 g/mol. The van der Waals surface area contributed by atoms with Gasteiger partial charge in [-0.25, -0.2) is 25.9 Å². The van der Waals surface area contributed by atoms with E-state index in [4.69, 9.17) is 11.6 Å². The fourth-order valence-corrected chi connectivity index (χ4v) is 5.67. The Morgan fingerprint density at radius 1 is 0.900 bits per heavy atom. The summed E-state index contributed by atoms with van der Waals surface area (Å²) in [5, 5.41) is 0.389. The van der Waals surface area contributed by atoms with E-state index in [9.17, 15) is 21.2 Å². The van der Waals surface area contributed by atoms with Crippen molar-refractivity contribution in [2.45, 2.75) is 28.0 Å². The van der Waals surface area contributed by atoms with Crippen molar-refractivity contribution in [2.24, 2.45) is 0 Å². The average molecular weight is 468 g/mol. The highest BCUT2D eigenvalue weighted by Gasteiger charge is 2.23. The molecule has 0 atom stereocenters. The average Bonchev–Trinajstić information content (AvgIpc) is 2.70. The lowest BCUT2D eigenvalue weighted by Crippen LogP contribution is -2.27. The van der Waals surface area contributed by atoms with E-state index in [2.05, 4.69) is 4.72 Å². The number of hydrogen-bond donors (Lipinski definition) is 1. The highest BCUT2D eigenvalue weighted by atomic mass is 35.5. The molecule has 0 unspecified atom stereocenters. The Balaban J connectivity index is 1.86. The van der Waals surface area contributed by atoms with Gasteiger partial charge in [0.15, 0.2) is 0 Å². The van der Waals surface area contributed by atoms with Crippen LogP contribution in [0.4, 0.5) is 4.39 Å². The van der Waals surface area contributed by atoms with E-state index in [1.807, 2.05) is 0 Å². The fourth-order valence-electron chi connectivity index (χ4n) is 2.89. The maximum atomic E-state index is 13.7. The predicted molar refractivity (Wildman–Crippen MR) is 113 cm³/mol. The lowest BCUT2D eigenvalue weighted by Gasteiger charge is -2.12. The zero-order valence-corrected chi connectivity index (χ0v) is 18.4. The zero-order chi connectivity index (χ0) is 21.9. The van der Waals surface area contributed by atoms with Crippen LogP contribution in [0.3, 0.4) is 0 Å². The highest BCUT2D eigenvalue weighted by molar-refractivity contribution is 7.91. The van der Waals surface area contributed by atoms with E-state index in [1.165, 1.54) is 42.5 Å². The summed E-state index contributed by atoms with van der Waals surface area (Å²) >= 11 is 5.81. The van der Waals surface area contributed by atoms with E-state index < -0.39 is 25.7 Å². The van der Waals surface area contributed by atoms with Gasteiger partial charge < -0.3 is 0 Å². The van der Waals surface area contributed by atoms with Crippen LogP contribution in [-0.2, 0) is 26.3 Å². The number of benzene rings is 3. The minimum atomic E-state index is -4.00. The van der Waals surface area contributed by atoms with Gasteiger partial charge in [0.1, 0.15) is 5.82 Å². The Labute approximate surface area is 180 Å². The number of aryl methyl sites for hydroxylation is 1. The van der Waals surface area contributed by atoms with Crippen LogP contribution in [-0.4, -0.2) is 23.4 Å². The minimum absolute atomic E-state index is 0.00612. The molecule has 0 aliphatic heterocycles. The Hall–Kier alpha value is -2.26. The summed E-state index contributed by atoms with van der Waals surface area (Å²) in [4.78, 5) is -0.289. The van der Waals surface area contributed by atoms with E-state index in [1.54, 1.807) is 25.1 Å². The molecule has 0 spiro atoms. The SMILES string of the molecule is Cc1ccc(S(=O)(=O)c2ccc(Cl)cc2)cc1S(=O)(=O)NCCc1ccccc1F. The maximum Gasteiger partial charge on any atom is 0.240 e. The largest absolute Gasteiger partial charge is 0.240 e. The molecule has 0 fully saturated rings. The first-order valence-electron chi connectivity index (χ1n) is 8.95. The molecule has 1 N–H and O–H groups in total. The molecule has 3 aromatic rings. The second-order valence-corrected chi connectivity index (χ2v) is 10.7. The number of sulfonamides is 1. The zero-order valence-electron chi connectivity index (χ0n) is 16.0. The molecule has 0 radical (unpaired) electrons. The van der Waals surface area contributed by atoms with Gasteiger partial charge in [-0.3, -0.25) is 0 Å². The van der Waals surface area contributed by atoms with Gasteiger partial charge in [-0.05, 0) is 66.9 Å². The summed E-state index contributed by atoms with van der Waals surface area (Å²) in [7, 11) is -7.93. The Kier molecular flexibility index (Phi) is 6.62. The summed E-state index contributed by atoms with van der Waals surface area (Å²) in [5.41, 5.74) is 0.777.